The van der Waals surface area contributed by atoms with Gasteiger partial charge in [0, 0.05) is 12.1 Å². The predicted molar refractivity (Wildman–Crippen MR) is 66.5 cm³/mol. The number of benzene rings is 1. The Hall–Kier alpha value is -2.04. The van der Waals surface area contributed by atoms with Crippen molar-refractivity contribution in [2.75, 3.05) is 25.2 Å². The molecule has 2 rings (SSSR count). The number of nitrogens with zero attached hydrogens (tertiary/aromatic N) is 1. The molecule has 1 aromatic carbocycles. The van der Waals surface area contributed by atoms with Gasteiger partial charge in [0.05, 0.1) is 12.8 Å². The highest BCUT2D eigenvalue weighted by Gasteiger charge is 2.28. The van der Waals surface area contributed by atoms with E-state index in [-0.39, 0.29) is 12.5 Å². The molecule has 0 bridgehead atoms. The van der Waals surface area contributed by atoms with Crippen molar-refractivity contribution in [3.05, 3.63) is 17.7 Å². The number of fused-ring (bicyclic) bond motifs is 1. The Bertz CT molecular complexity index is 484. The van der Waals surface area contributed by atoms with Crippen molar-refractivity contribution in [3.63, 3.8) is 0 Å². The molecule has 1 amide bonds. The molecule has 18 heavy (non-hydrogen) atoms. The van der Waals surface area contributed by atoms with E-state index in [1.165, 1.54) is 7.11 Å². The second-order valence-corrected chi connectivity index (χ2v) is 4.02. The summed E-state index contributed by atoms with van der Waals surface area (Å²) in [7, 11) is 1.51. The smallest absolute Gasteiger partial charge is 0.265 e. The first-order valence-electron chi connectivity index (χ1n) is 5.81. The van der Waals surface area contributed by atoms with Gasteiger partial charge in [-0.25, -0.2) is 0 Å². The normalized spacial score (nSPS) is 13.9. The number of methoxy groups -OCH3 is 1. The number of hydrogen-bond donors (Lipinski definition) is 0. The molecule has 5 heteroatoms. The quantitative estimate of drug-likeness (QED) is 0.761. The van der Waals surface area contributed by atoms with E-state index in [1.54, 1.807) is 17.0 Å². The van der Waals surface area contributed by atoms with Gasteiger partial charge in [0.25, 0.3) is 5.91 Å². The maximum atomic E-state index is 11.8. The molecule has 0 fully saturated rings. The number of carbonyl (C=O) groups excluding carboxylic acids is 2. The molecule has 1 aliphatic rings. The van der Waals surface area contributed by atoms with Crippen LogP contribution in [0.2, 0.25) is 0 Å². The van der Waals surface area contributed by atoms with E-state index in [1.807, 2.05) is 6.92 Å². The zero-order valence-electron chi connectivity index (χ0n) is 10.4. The molecule has 5 nitrogen and oxygen atoms in total. The molecule has 96 valence electrons. The zero-order valence-corrected chi connectivity index (χ0v) is 10.4. The van der Waals surface area contributed by atoms with Crippen molar-refractivity contribution in [1.29, 1.82) is 0 Å². The molecular weight excluding hydrogens is 234 g/mol. The van der Waals surface area contributed by atoms with Crippen LogP contribution in [0, 0.1) is 0 Å². The van der Waals surface area contributed by atoms with E-state index in [0.29, 0.717) is 29.3 Å². The van der Waals surface area contributed by atoms with Crippen LogP contribution in [-0.4, -0.2) is 32.5 Å². The van der Waals surface area contributed by atoms with Crippen LogP contribution in [0.4, 0.5) is 5.69 Å². The Morgan fingerprint density at radius 2 is 2.28 bits per heavy atom. The highest BCUT2D eigenvalue weighted by molar-refractivity contribution is 5.99. The van der Waals surface area contributed by atoms with Crippen LogP contribution in [0.5, 0.6) is 11.5 Å². The Balaban J connectivity index is 2.55. The summed E-state index contributed by atoms with van der Waals surface area (Å²) < 4.78 is 10.6. The summed E-state index contributed by atoms with van der Waals surface area (Å²) in [6.07, 6.45) is 1.56. The summed E-state index contributed by atoms with van der Waals surface area (Å²) in [5.74, 6) is 0.897. The van der Waals surface area contributed by atoms with Gasteiger partial charge in [0.1, 0.15) is 6.29 Å². The van der Waals surface area contributed by atoms with Gasteiger partial charge in [-0.3, -0.25) is 9.59 Å². The lowest BCUT2D eigenvalue weighted by Gasteiger charge is -2.30. The first kappa shape index (κ1) is 12.4. The standard InChI is InChI=1S/C13H15NO4/c1-3-4-14-10-5-9(7-15)6-11(17-2)13(10)18-8-12(14)16/h5-7H,3-4,8H2,1-2H3. The van der Waals surface area contributed by atoms with Crippen LogP contribution < -0.4 is 14.4 Å². The van der Waals surface area contributed by atoms with Gasteiger partial charge in [-0.05, 0) is 18.6 Å². The van der Waals surface area contributed by atoms with Gasteiger partial charge in [0.2, 0.25) is 0 Å². The van der Waals surface area contributed by atoms with Gasteiger partial charge in [-0.15, -0.1) is 0 Å². The fourth-order valence-electron chi connectivity index (χ4n) is 1.99. The van der Waals surface area contributed by atoms with Gasteiger partial charge in [-0.1, -0.05) is 6.92 Å². The van der Waals surface area contributed by atoms with Crippen molar-refractivity contribution in [2.45, 2.75) is 13.3 Å². The lowest BCUT2D eigenvalue weighted by molar-refractivity contribution is -0.121. The Morgan fingerprint density at radius 3 is 2.89 bits per heavy atom. The summed E-state index contributed by atoms with van der Waals surface area (Å²) in [6, 6.07) is 3.25. The van der Waals surface area contributed by atoms with Crippen molar-refractivity contribution in [2.24, 2.45) is 0 Å². The third kappa shape index (κ3) is 2.03. The molecule has 1 aliphatic heterocycles. The maximum absolute atomic E-state index is 11.8. The van der Waals surface area contributed by atoms with E-state index in [4.69, 9.17) is 9.47 Å². The van der Waals surface area contributed by atoms with E-state index < -0.39 is 0 Å². The van der Waals surface area contributed by atoms with Gasteiger partial charge in [-0.2, -0.15) is 0 Å². The van der Waals surface area contributed by atoms with Crippen LogP contribution >= 0.6 is 0 Å². The monoisotopic (exact) mass is 249 g/mol. The SMILES string of the molecule is CCCN1C(=O)COc2c(OC)cc(C=O)cc21. The number of aldehydes is 1. The number of rotatable bonds is 4. The molecule has 0 N–H and O–H groups in total. The largest absolute Gasteiger partial charge is 0.493 e. The second-order valence-electron chi connectivity index (χ2n) is 4.02. The topological polar surface area (TPSA) is 55.8 Å². The number of amides is 1. The van der Waals surface area contributed by atoms with Gasteiger partial charge < -0.3 is 14.4 Å². The van der Waals surface area contributed by atoms with Crippen molar-refractivity contribution in [3.8, 4) is 11.5 Å². The summed E-state index contributed by atoms with van der Waals surface area (Å²) in [5.41, 5.74) is 1.07. The third-order valence-corrected chi connectivity index (χ3v) is 2.79. The molecule has 0 aliphatic carbocycles. The van der Waals surface area contributed by atoms with E-state index in [0.717, 1.165) is 12.7 Å². The summed E-state index contributed by atoms with van der Waals surface area (Å²) >= 11 is 0. The number of hydrogen-bond acceptors (Lipinski definition) is 4. The number of ether oxygens (including phenoxy) is 2. The minimum absolute atomic E-state index is 0.00377. The number of carbonyl (C=O) groups is 2. The molecule has 1 aromatic rings. The van der Waals surface area contributed by atoms with Crippen molar-refractivity contribution >= 4 is 17.9 Å². The second kappa shape index (κ2) is 5.08. The molecule has 1 heterocycles. The molecule has 0 aromatic heterocycles. The average Bonchev–Trinajstić information content (AvgIpc) is 2.40. The summed E-state index contributed by atoms with van der Waals surface area (Å²) in [4.78, 5) is 24.4. The van der Waals surface area contributed by atoms with Gasteiger partial charge in [0.15, 0.2) is 18.1 Å². The minimum atomic E-state index is -0.102. The van der Waals surface area contributed by atoms with Crippen molar-refractivity contribution < 1.29 is 19.1 Å². The molecule has 0 saturated carbocycles. The summed E-state index contributed by atoms with van der Waals surface area (Å²) in [6.45, 7) is 2.59. The lowest BCUT2D eigenvalue weighted by atomic mass is 10.1. The van der Waals surface area contributed by atoms with Crippen LogP contribution in [0.25, 0.3) is 0 Å². The van der Waals surface area contributed by atoms with Crippen LogP contribution in [-0.2, 0) is 4.79 Å². The Kier molecular flexibility index (Phi) is 3.50. The zero-order chi connectivity index (χ0) is 13.1. The van der Waals surface area contributed by atoms with Crippen LogP contribution in [0.3, 0.4) is 0 Å². The predicted octanol–water partition coefficient (Wildman–Crippen LogP) is 1.64. The molecule has 0 atom stereocenters. The van der Waals surface area contributed by atoms with Crippen molar-refractivity contribution in [1.82, 2.24) is 0 Å². The minimum Gasteiger partial charge on any atom is -0.493 e. The molecule has 0 saturated heterocycles. The third-order valence-electron chi connectivity index (χ3n) is 2.79. The van der Waals surface area contributed by atoms with Gasteiger partial charge >= 0.3 is 0 Å². The number of anilines is 1. The van der Waals surface area contributed by atoms with E-state index in [9.17, 15) is 9.59 Å². The average molecular weight is 249 g/mol. The highest BCUT2D eigenvalue weighted by atomic mass is 16.5. The van der Waals surface area contributed by atoms with E-state index in [2.05, 4.69) is 0 Å². The van der Waals surface area contributed by atoms with Crippen LogP contribution in [0.1, 0.15) is 23.7 Å². The van der Waals surface area contributed by atoms with E-state index >= 15 is 0 Å². The first-order valence-corrected chi connectivity index (χ1v) is 5.81. The maximum Gasteiger partial charge on any atom is 0.265 e. The summed E-state index contributed by atoms with van der Waals surface area (Å²) in [5, 5.41) is 0. The fourth-order valence-corrected chi connectivity index (χ4v) is 1.99. The molecule has 0 radical (unpaired) electrons. The first-order chi connectivity index (χ1) is 8.71. The lowest BCUT2D eigenvalue weighted by Crippen LogP contribution is -2.39. The molecule has 0 unspecified atom stereocenters. The fraction of sp³-hybridized carbons (Fsp3) is 0.385. The Labute approximate surface area is 105 Å². The Morgan fingerprint density at radius 1 is 1.50 bits per heavy atom. The molecule has 0 spiro atoms. The molecular formula is C13H15NO4. The highest BCUT2D eigenvalue weighted by Crippen LogP contribution is 2.41. The van der Waals surface area contributed by atoms with Crippen LogP contribution in [0.15, 0.2) is 12.1 Å².